The maximum Gasteiger partial charge on any atom is 0.135 e. The first kappa shape index (κ1) is 85.7. The second-order valence-corrected chi connectivity index (χ2v) is 24.3. The number of thiophene rings is 1. The summed E-state index contributed by atoms with van der Waals surface area (Å²) in [5, 5.41) is 18.9. The number of H-pyrrole nitrogens is 1. The van der Waals surface area contributed by atoms with Gasteiger partial charge in [-0.15, -0.1) is 22.9 Å². The number of rotatable bonds is 12. The van der Waals surface area contributed by atoms with Crippen molar-refractivity contribution >= 4 is 87.7 Å². The van der Waals surface area contributed by atoms with Gasteiger partial charge in [0.25, 0.3) is 0 Å². The number of halogens is 1. The van der Waals surface area contributed by atoms with Crippen LogP contribution in [0.4, 0.5) is 0 Å². The molecule has 0 aliphatic heterocycles. The molecule has 4 nitrogen and oxygen atoms in total. The zero-order valence-corrected chi connectivity index (χ0v) is 64.8. The number of nitriles is 1. The summed E-state index contributed by atoms with van der Waals surface area (Å²) in [6.45, 7) is 50.1. The van der Waals surface area contributed by atoms with Gasteiger partial charge < -0.3 is 13.8 Å². The third-order valence-corrected chi connectivity index (χ3v) is 18.4. The van der Waals surface area contributed by atoms with Crippen LogP contribution in [-0.4, -0.2) is 4.98 Å². The van der Waals surface area contributed by atoms with Crippen molar-refractivity contribution in [2.24, 2.45) is 0 Å². The number of alkyl halides is 1. The highest BCUT2D eigenvalue weighted by Crippen LogP contribution is 2.36. The van der Waals surface area contributed by atoms with Crippen molar-refractivity contribution in [3.8, 4) is 6.07 Å². The average molecular weight is 1320 g/mol. The smallest absolute Gasteiger partial charge is 0.135 e. The first-order chi connectivity index (χ1) is 46.1. The monoisotopic (exact) mass is 1320 g/mol. The molecule has 6 atom stereocenters. The van der Waals surface area contributed by atoms with Crippen molar-refractivity contribution in [3.63, 3.8) is 0 Å². The predicted molar refractivity (Wildman–Crippen MR) is 430 cm³/mol. The summed E-state index contributed by atoms with van der Waals surface area (Å²) in [7, 11) is 0. The minimum Gasteiger partial charge on any atom is -0.464 e. The summed E-state index contributed by atoms with van der Waals surface area (Å²) in [6.07, 6.45) is 8.28. The molecule has 12 rings (SSSR count). The topological polar surface area (TPSA) is 65.9 Å². The molecule has 1 N–H and O–H groups in total. The van der Waals surface area contributed by atoms with Gasteiger partial charge >= 0.3 is 0 Å². The van der Waals surface area contributed by atoms with Crippen LogP contribution in [0.3, 0.4) is 0 Å². The third-order valence-electron chi connectivity index (χ3n) is 17.0. The number of hydrogen-bond acceptors (Lipinski definition) is 4. The quantitative estimate of drug-likeness (QED) is 0.124. The maximum absolute atomic E-state index is 8.99. The Bertz CT molecular complexity index is 3850. The van der Waals surface area contributed by atoms with E-state index in [9.17, 15) is 0 Å². The largest absolute Gasteiger partial charge is 0.464 e. The second kappa shape index (κ2) is 47.5. The Morgan fingerprint density at radius 2 is 0.916 bits per heavy atom. The fourth-order valence-corrected chi connectivity index (χ4v) is 10.9. The molecule has 0 amide bonds. The molecule has 0 saturated carbocycles. The van der Waals surface area contributed by atoms with Crippen LogP contribution < -0.4 is 0 Å². The number of nitrogens with one attached hydrogen (secondary N) is 1. The van der Waals surface area contributed by atoms with E-state index in [4.69, 9.17) is 25.7 Å². The van der Waals surface area contributed by atoms with Crippen LogP contribution in [0.1, 0.15) is 262 Å². The lowest BCUT2D eigenvalue weighted by Crippen LogP contribution is -2.17. The van der Waals surface area contributed by atoms with Crippen molar-refractivity contribution in [2.45, 2.75) is 239 Å². The van der Waals surface area contributed by atoms with E-state index in [1.54, 1.807) is 6.26 Å². The fraction of sp³-hybridized carbons (Fsp3) is 0.404. The van der Waals surface area contributed by atoms with Crippen LogP contribution in [0.25, 0.3) is 64.8 Å². The first-order valence-electron chi connectivity index (χ1n) is 36.2. The molecule has 0 aliphatic rings. The van der Waals surface area contributed by atoms with E-state index in [1.165, 1.54) is 95.1 Å². The van der Waals surface area contributed by atoms with Gasteiger partial charge in [0.05, 0.1) is 22.6 Å². The Balaban J connectivity index is 0.000000555. The number of hydrogen-bond donors (Lipinski definition) is 1. The molecule has 0 spiro atoms. The molecule has 0 fully saturated rings. The summed E-state index contributed by atoms with van der Waals surface area (Å²) in [5.41, 5.74) is 13.1. The normalized spacial score (nSPS) is 12.5. The molecule has 8 aromatic carbocycles. The van der Waals surface area contributed by atoms with Gasteiger partial charge in [0.1, 0.15) is 16.7 Å². The molecular weight excluding hydrogens is 1200 g/mol. The van der Waals surface area contributed by atoms with E-state index < -0.39 is 0 Å². The van der Waals surface area contributed by atoms with Crippen LogP contribution in [0.5, 0.6) is 0 Å². The second-order valence-electron chi connectivity index (χ2n) is 22.5. The Labute approximate surface area is 587 Å². The van der Waals surface area contributed by atoms with E-state index in [0.717, 1.165) is 41.6 Å². The summed E-state index contributed by atoms with van der Waals surface area (Å²) in [4.78, 5) is 3.30. The molecule has 0 bridgehead atoms. The van der Waals surface area contributed by atoms with Crippen molar-refractivity contribution in [2.75, 3.05) is 0 Å². The molecule has 0 saturated heterocycles. The van der Waals surface area contributed by atoms with E-state index in [0.29, 0.717) is 23.7 Å². The minimum atomic E-state index is -0.318. The zero-order chi connectivity index (χ0) is 71.5. The summed E-state index contributed by atoms with van der Waals surface area (Å²) >= 11 is 8.06. The Morgan fingerprint density at radius 3 is 1.46 bits per heavy atom. The SMILES string of the molecule is CC.CC.CC.CC.CC.CC.CCC(C)(C#N)c1ccccc1.CCC(C)(Cl)c1ccccc1.CCC(C)c1ccc2c(c1)oc1ccccc12.CCC(C)c1ccc2ccoc2c1.CCC(C)c1ccc2sccc2c1.CCC(C)c1cccc2[nH]c3ccccc3c12. The molecule has 0 aliphatic carbocycles. The van der Waals surface area contributed by atoms with Crippen LogP contribution in [0, 0.1) is 11.3 Å². The van der Waals surface area contributed by atoms with E-state index in [2.05, 4.69) is 206 Å². The summed E-state index contributed by atoms with van der Waals surface area (Å²) < 4.78 is 12.6. The van der Waals surface area contributed by atoms with E-state index >= 15 is 0 Å². The lowest BCUT2D eigenvalue weighted by Gasteiger charge is -2.19. The van der Waals surface area contributed by atoms with E-state index in [1.807, 2.05) is 182 Å². The number of para-hydroxylation sites is 2. The van der Waals surface area contributed by atoms with Crippen molar-refractivity contribution in [1.82, 2.24) is 4.98 Å². The highest BCUT2D eigenvalue weighted by Gasteiger charge is 2.23. The predicted octanol–water partition coefficient (Wildman–Crippen LogP) is 30.9. The number of furan rings is 2. The van der Waals surface area contributed by atoms with Gasteiger partial charge in [-0.2, -0.15) is 5.26 Å². The number of nitrogens with zero attached hydrogens (tertiary/aromatic N) is 1. The molecule has 4 aromatic heterocycles. The molecule has 12 aromatic rings. The Hall–Kier alpha value is -7.36. The van der Waals surface area contributed by atoms with Crippen molar-refractivity contribution in [3.05, 3.63) is 239 Å². The molecule has 4 heterocycles. The highest BCUT2D eigenvalue weighted by atomic mass is 35.5. The minimum absolute atomic E-state index is 0.193. The van der Waals surface area contributed by atoms with Crippen LogP contribution in [0.2, 0.25) is 0 Å². The molecule has 514 valence electrons. The van der Waals surface area contributed by atoms with Gasteiger partial charge in [-0.3, -0.25) is 0 Å². The lowest BCUT2D eigenvalue weighted by molar-refractivity contribution is 0.587. The van der Waals surface area contributed by atoms with Gasteiger partial charge in [0.2, 0.25) is 0 Å². The maximum atomic E-state index is 8.99. The number of aromatic amines is 1. The van der Waals surface area contributed by atoms with Gasteiger partial charge in [-0.05, 0) is 169 Å². The van der Waals surface area contributed by atoms with Gasteiger partial charge in [-0.1, -0.05) is 298 Å². The molecule has 95 heavy (non-hydrogen) atoms. The third kappa shape index (κ3) is 25.3. The van der Waals surface area contributed by atoms with Gasteiger partial charge in [0.15, 0.2) is 0 Å². The number of aromatic nitrogens is 1. The van der Waals surface area contributed by atoms with Crippen molar-refractivity contribution < 1.29 is 8.83 Å². The number of fused-ring (bicyclic) bond motifs is 8. The molecule has 6 unspecified atom stereocenters. The van der Waals surface area contributed by atoms with Crippen LogP contribution in [0.15, 0.2) is 215 Å². The summed E-state index contributed by atoms with van der Waals surface area (Å²) in [6, 6.07) is 69.8. The molecule has 0 radical (unpaired) electrons. The van der Waals surface area contributed by atoms with E-state index in [-0.39, 0.29) is 10.3 Å². The van der Waals surface area contributed by atoms with Crippen LogP contribution >= 0.6 is 22.9 Å². The fourth-order valence-electron chi connectivity index (χ4n) is 10.0. The Morgan fingerprint density at radius 1 is 0.442 bits per heavy atom. The molecular formula is C89H123ClN2O2S. The standard InChI is InChI=1S/C16H17N.C16H16O.C12H14O.C12H14S.C11H13N.C10H13Cl.6C2H6/c1-3-11(2)12-8-6-10-15-16(12)13-7-4-5-9-14(13)17-15;1-3-11(2)12-8-9-14-13-6-4-5-7-15(13)17-16(14)10-12;1-3-9(2)11-5-4-10-6-7-13-12(10)8-11;1-3-9(2)10-4-5-12-11(8-10)6-7-13-12;1-3-11(2,9-12)10-7-5-4-6-8-10;1-3-10(2,11)9-7-5-4-6-8-9;6*1-2/h4-11,17H,3H2,1-2H3;4-11H,3H2,1-2H3;2*4-9H,3H2,1-2H3;4-8H,3H2,1-2H3;4-8H,3H2,1-2H3;6*1-2H3. The summed E-state index contributed by atoms with van der Waals surface area (Å²) in [5.74, 6) is 2.50. The number of benzene rings is 8. The van der Waals surface area contributed by atoms with Crippen molar-refractivity contribution in [1.29, 1.82) is 5.26 Å². The molecule has 6 heteroatoms. The van der Waals surface area contributed by atoms with Gasteiger partial charge in [0, 0.05) is 42.7 Å². The Kier molecular flexibility index (Phi) is 42.8. The average Bonchev–Trinajstić information content (AvgIpc) is 1.65. The van der Waals surface area contributed by atoms with Gasteiger partial charge in [-0.25, -0.2) is 0 Å². The highest BCUT2D eigenvalue weighted by molar-refractivity contribution is 7.17. The van der Waals surface area contributed by atoms with Crippen LogP contribution in [-0.2, 0) is 10.3 Å². The zero-order valence-electron chi connectivity index (χ0n) is 63.2. The lowest BCUT2D eigenvalue weighted by atomic mass is 9.82. The first-order valence-corrected chi connectivity index (χ1v) is 37.4.